The number of halogens is 3. The summed E-state index contributed by atoms with van der Waals surface area (Å²) in [5.74, 6) is 0. The summed E-state index contributed by atoms with van der Waals surface area (Å²) in [5, 5.41) is 8.41. The van der Waals surface area contributed by atoms with Gasteiger partial charge in [0.2, 0.25) is 5.43 Å². The maximum absolute atomic E-state index is 12.5. The van der Waals surface area contributed by atoms with Crippen molar-refractivity contribution in [2.75, 3.05) is 0 Å². The van der Waals surface area contributed by atoms with Crippen LogP contribution in [-0.2, 0) is 9.05 Å². The first-order valence-electron chi connectivity index (χ1n) is 3.67. The van der Waals surface area contributed by atoms with Crippen LogP contribution in [0.4, 0.5) is 8.78 Å². The minimum absolute atomic E-state index is 0.468. The Hall–Kier alpha value is -1.46. The van der Waals surface area contributed by atoms with Crippen molar-refractivity contribution in [2.45, 2.75) is 11.3 Å². The molecule has 1 N–H and O–H groups in total. The number of H-pyrrole nitrogens is 1. The molecule has 0 fully saturated rings. The molecule has 0 spiro atoms. The summed E-state index contributed by atoms with van der Waals surface area (Å²) >= 11 is 0. The fourth-order valence-corrected chi connectivity index (χ4v) is 2.21. The fraction of sp³-hybridized carbons (Fsp3) is 0.143. The summed E-state index contributed by atoms with van der Waals surface area (Å²) in [6, 6.07) is 2.00. The molecule has 0 aliphatic carbocycles. The van der Waals surface area contributed by atoms with Crippen LogP contribution in [-0.4, -0.2) is 13.4 Å². The molecule has 0 unspecified atom stereocenters. The summed E-state index contributed by atoms with van der Waals surface area (Å²) < 4.78 is 46.7. The van der Waals surface area contributed by atoms with E-state index in [0.29, 0.717) is 6.07 Å². The Morgan fingerprint density at radius 1 is 1.50 bits per heavy atom. The standard InChI is InChI=1S/C7H3ClF2N2O3S/c8-16(14,15)6-4(13)1-3(2-11)12-5(6)7(9)10/h1,7H,(H,12,13). The van der Waals surface area contributed by atoms with Crippen LogP contribution in [0.3, 0.4) is 0 Å². The number of aromatic amines is 1. The predicted molar refractivity (Wildman–Crippen MR) is 49.8 cm³/mol. The first-order valence-corrected chi connectivity index (χ1v) is 5.98. The zero-order chi connectivity index (χ0) is 12.5. The lowest BCUT2D eigenvalue weighted by Gasteiger charge is -2.05. The number of nitrogens with zero attached hydrogens (tertiary/aromatic N) is 1. The van der Waals surface area contributed by atoms with Gasteiger partial charge in [0.1, 0.15) is 17.5 Å². The van der Waals surface area contributed by atoms with Crippen LogP contribution in [0.25, 0.3) is 0 Å². The highest BCUT2D eigenvalue weighted by atomic mass is 35.7. The summed E-state index contributed by atoms with van der Waals surface area (Å²) in [6.07, 6.45) is -3.26. The van der Waals surface area contributed by atoms with E-state index in [4.69, 9.17) is 15.9 Å². The van der Waals surface area contributed by atoms with E-state index in [1.54, 1.807) is 0 Å². The summed E-state index contributed by atoms with van der Waals surface area (Å²) in [4.78, 5) is 11.8. The van der Waals surface area contributed by atoms with Gasteiger partial charge < -0.3 is 4.98 Å². The molecule has 1 heterocycles. The van der Waals surface area contributed by atoms with Crippen molar-refractivity contribution in [1.82, 2.24) is 4.98 Å². The van der Waals surface area contributed by atoms with E-state index < -0.39 is 37.2 Å². The smallest absolute Gasteiger partial charge is 0.279 e. The minimum Gasteiger partial charge on any atom is -0.344 e. The van der Waals surface area contributed by atoms with Crippen LogP contribution in [0.2, 0.25) is 0 Å². The van der Waals surface area contributed by atoms with Crippen molar-refractivity contribution in [1.29, 1.82) is 5.26 Å². The molecule has 0 atom stereocenters. The molecule has 1 aromatic heterocycles. The maximum atomic E-state index is 12.5. The van der Waals surface area contributed by atoms with Crippen LogP contribution >= 0.6 is 10.7 Å². The molecule has 0 aliphatic heterocycles. The molecule has 0 bridgehead atoms. The van der Waals surface area contributed by atoms with E-state index >= 15 is 0 Å². The molecular weight excluding hydrogens is 266 g/mol. The maximum Gasteiger partial charge on any atom is 0.279 e. The first-order chi connectivity index (χ1) is 7.27. The van der Waals surface area contributed by atoms with E-state index in [0.717, 1.165) is 0 Å². The highest BCUT2D eigenvalue weighted by Crippen LogP contribution is 2.24. The number of hydrogen-bond donors (Lipinski definition) is 1. The molecular formula is C7H3ClF2N2O3S. The number of rotatable bonds is 2. The Labute approximate surface area is 92.7 Å². The van der Waals surface area contributed by atoms with Crippen LogP contribution in [0.5, 0.6) is 0 Å². The SMILES string of the molecule is N#Cc1cc(=O)c(S(=O)(=O)Cl)c(C(F)F)[nH]1. The minimum atomic E-state index is -4.60. The molecule has 0 saturated carbocycles. The molecule has 0 saturated heterocycles. The zero-order valence-electron chi connectivity index (χ0n) is 7.37. The molecule has 0 aromatic carbocycles. The Balaban J connectivity index is 3.76. The number of pyridine rings is 1. The Morgan fingerprint density at radius 3 is 2.44 bits per heavy atom. The van der Waals surface area contributed by atoms with Crippen LogP contribution < -0.4 is 5.43 Å². The fourth-order valence-electron chi connectivity index (χ4n) is 1.03. The van der Waals surface area contributed by atoms with Crippen LogP contribution in [0.15, 0.2) is 15.8 Å². The van der Waals surface area contributed by atoms with Gasteiger partial charge in [0.25, 0.3) is 15.5 Å². The largest absolute Gasteiger partial charge is 0.344 e. The third kappa shape index (κ3) is 2.37. The van der Waals surface area contributed by atoms with Crippen molar-refractivity contribution in [2.24, 2.45) is 0 Å². The van der Waals surface area contributed by atoms with E-state index in [1.807, 2.05) is 4.98 Å². The Morgan fingerprint density at radius 2 is 2.06 bits per heavy atom. The molecule has 0 radical (unpaired) electrons. The van der Waals surface area contributed by atoms with Crippen molar-refractivity contribution < 1.29 is 17.2 Å². The van der Waals surface area contributed by atoms with Crippen LogP contribution in [0, 0.1) is 11.3 Å². The van der Waals surface area contributed by atoms with Gasteiger partial charge in [-0.1, -0.05) is 0 Å². The van der Waals surface area contributed by atoms with Crippen molar-refractivity contribution in [3.8, 4) is 6.07 Å². The van der Waals surface area contributed by atoms with Gasteiger partial charge in [-0.15, -0.1) is 0 Å². The molecule has 16 heavy (non-hydrogen) atoms. The number of hydrogen-bond acceptors (Lipinski definition) is 4. The predicted octanol–water partition coefficient (Wildman–Crippen LogP) is 1.11. The normalized spacial score (nSPS) is 11.4. The van der Waals surface area contributed by atoms with Crippen molar-refractivity contribution >= 4 is 19.7 Å². The monoisotopic (exact) mass is 268 g/mol. The highest BCUT2D eigenvalue weighted by Gasteiger charge is 2.26. The van der Waals surface area contributed by atoms with E-state index in [2.05, 4.69) is 0 Å². The average molecular weight is 269 g/mol. The number of nitrogens with one attached hydrogen (secondary N) is 1. The second-order valence-electron chi connectivity index (χ2n) is 2.64. The van der Waals surface area contributed by atoms with Gasteiger partial charge in [0, 0.05) is 16.7 Å². The molecule has 86 valence electrons. The zero-order valence-corrected chi connectivity index (χ0v) is 8.94. The van der Waals surface area contributed by atoms with E-state index in [1.165, 1.54) is 6.07 Å². The third-order valence-electron chi connectivity index (χ3n) is 1.60. The number of alkyl halides is 2. The number of nitriles is 1. The van der Waals surface area contributed by atoms with Gasteiger partial charge in [-0.2, -0.15) is 5.26 Å². The lowest BCUT2D eigenvalue weighted by molar-refractivity contribution is 0.142. The topological polar surface area (TPSA) is 90.8 Å². The Kier molecular flexibility index (Phi) is 3.30. The molecule has 0 aliphatic rings. The summed E-state index contributed by atoms with van der Waals surface area (Å²) in [7, 11) is 0.249. The quantitative estimate of drug-likeness (QED) is 0.814. The summed E-state index contributed by atoms with van der Waals surface area (Å²) in [5.41, 5.74) is -2.90. The first kappa shape index (κ1) is 12.6. The van der Waals surface area contributed by atoms with Gasteiger partial charge >= 0.3 is 0 Å². The highest BCUT2D eigenvalue weighted by molar-refractivity contribution is 8.13. The van der Waals surface area contributed by atoms with Gasteiger partial charge in [-0.25, -0.2) is 17.2 Å². The molecule has 1 aromatic rings. The van der Waals surface area contributed by atoms with Gasteiger partial charge in [-0.3, -0.25) is 4.79 Å². The van der Waals surface area contributed by atoms with Crippen molar-refractivity contribution in [3.63, 3.8) is 0 Å². The molecule has 0 amide bonds. The average Bonchev–Trinajstić information content (AvgIpc) is 2.14. The molecule has 9 heteroatoms. The summed E-state index contributed by atoms with van der Waals surface area (Å²) in [6.45, 7) is 0. The van der Waals surface area contributed by atoms with Gasteiger partial charge in [-0.05, 0) is 0 Å². The van der Waals surface area contributed by atoms with E-state index in [-0.39, 0.29) is 0 Å². The Bertz CT molecular complexity index is 617. The van der Waals surface area contributed by atoms with Crippen LogP contribution in [0.1, 0.15) is 17.8 Å². The molecule has 1 rings (SSSR count). The van der Waals surface area contributed by atoms with Gasteiger partial charge in [0.05, 0.1) is 0 Å². The lowest BCUT2D eigenvalue weighted by atomic mass is 10.3. The van der Waals surface area contributed by atoms with Crippen molar-refractivity contribution in [3.05, 3.63) is 27.7 Å². The van der Waals surface area contributed by atoms with E-state index in [9.17, 15) is 22.0 Å². The lowest BCUT2D eigenvalue weighted by Crippen LogP contribution is -2.17. The second kappa shape index (κ2) is 4.19. The van der Waals surface area contributed by atoms with Gasteiger partial charge in [0.15, 0.2) is 4.90 Å². The molecule has 5 nitrogen and oxygen atoms in total. The third-order valence-corrected chi connectivity index (χ3v) is 2.97. The second-order valence-corrected chi connectivity index (χ2v) is 5.14. The number of aromatic nitrogens is 1.